The van der Waals surface area contributed by atoms with Gasteiger partial charge in [0.2, 0.25) is 0 Å². The molecule has 3 rings (SSSR count). The summed E-state index contributed by atoms with van der Waals surface area (Å²) in [5, 5.41) is 0. The van der Waals surface area contributed by atoms with E-state index >= 15 is 0 Å². The highest BCUT2D eigenvalue weighted by atomic mass is 16.6. The summed E-state index contributed by atoms with van der Waals surface area (Å²) >= 11 is 0. The third kappa shape index (κ3) is 2.56. The molecule has 2 aliphatic heterocycles. The zero-order valence-corrected chi connectivity index (χ0v) is 11.2. The lowest BCUT2D eigenvalue weighted by Gasteiger charge is -2.37. The van der Waals surface area contributed by atoms with Crippen LogP contribution in [-0.4, -0.2) is 54.2 Å². The van der Waals surface area contributed by atoms with Gasteiger partial charge in [-0.3, -0.25) is 9.69 Å². The van der Waals surface area contributed by atoms with Gasteiger partial charge in [-0.15, -0.1) is 0 Å². The fourth-order valence-corrected chi connectivity index (χ4v) is 2.84. The Bertz CT molecular complexity index is 443. The van der Waals surface area contributed by atoms with E-state index in [2.05, 4.69) is 14.8 Å². The van der Waals surface area contributed by atoms with Crippen LogP contribution in [-0.2, 0) is 9.53 Å². The van der Waals surface area contributed by atoms with Gasteiger partial charge < -0.3 is 9.64 Å². The summed E-state index contributed by atoms with van der Waals surface area (Å²) in [4.78, 5) is 20.6. The van der Waals surface area contributed by atoms with Gasteiger partial charge in [0, 0.05) is 38.8 Å². The topological polar surface area (TPSA) is 45.7 Å². The normalized spacial score (nSPS) is 28.5. The van der Waals surface area contributed by atoms with Gasteiger partial charge in [-0.05, 0) is 19.1 Å². The summed E-state index contributed by atoms with van der Waals surface area (Å²) in [6.45, 7) is 5.57. The number of esters is 1. The maximum atomic E-state index is 11.7. The number of nitrogens with zero attached hydrogens (tertiary/aromatic N) is 3. The second kappa shape index (κ2) is 5.17. The maximum Gasteiger partial charge on any atom is 0.323 e. The van der Waals surface area contributed by atoms with Crippen molar-refractivity contribution in [3.63, 3.8) is 0 Å². The van der Waals surface area contributed by atoms with Crippen molar-refractivity contribution in [2.75, 3.05) is 31.1 Å². The van der Waals surface area contributed by atoms with Gasteiger partial charge in [-0.2, -0.15) is 0 Å². The zero-order valence-electron chi connectivity index (χ0n) is 11.2. The van der Waals surface area contributed by atoms with E-state index in [0.717, 1.165) is 38.4 Å². The zero-order chi connectivity index (χ0) is 13.2. The Labute approximate surface area is 113 Å². The van der Waals surface area contributed by atoms with Gasteiger partial charge in [0.25, 0.3) is 0 Å². The van der Waals surface area contributed by atoms with E-state index in [9.17, 15) is 4.79 Å². The fourth-order valence-electron chi connectivity index (χ4n) is 2.84. The Kier molecular flexibility index (Phi) is 3.38. The first-order valence-corrected chi connectivity index (χ1v) is 6.84. The number of anilines is 1. The van der Waals surface area contributed by atoms with E-state index in [0.29, 0.717) is 0 Å². The number of aromatic nitrogens is 1. The molecule has 2 atom stereocenters. The van der Waals surface area contributed by atoms with Gasteiger partial charge >= 0.3 is 5.97 Å². The Morgan fingerprint density at radius 3 is 2.63 bits per heavy atom. The molecule has 0 radical (unpaired) electrons. The molecule has 2 unspecified atom stereocenters. The van der Waals surface area contributed by atoms with Gasteiger partial charge in [0.05, 0.1) is 0 Å². The SMILES string of the molecule is CC1CC(N2CCN(c3ccccn3)CC2)C(=O)O1. The van der Waals surface area contributed by atoms with Crippen molar-refractivity contribution in [2.45, 2.75) is 25.5 Å². The molecule has 0 amide bonds. The molecule has 19 heavy (non-hydrogen) atoms. The number of hydrogen-bond acceptors (Lipinski definition) is 5. The van der Waals surface area contributed by atoms with Crippen LogP contribution in [0.2, 0.25) is 0 Å². The number of ether oxygens (including phenoxy) is 1. The first-order valence-electron chi connectivity index (χ1n) is 6.84. The van der Waals surface area contributed by atoms with E-state index < -0.39 is 0 Å². The van der Waals surface area contributed by atoms with Gasteiger partial charge in [0.1, 0.15) is 18.0 Å². The lowest BCUT2D eigenvalue weighted by atomic mass is 10.1. The number of cyclic esters (lactones) is 1. The molecule has 2 fully saturated rings. The average Bonchev–Trinajstić information content (AvgIpc) is 2.79. The van der Waals surface area contributed by atoms with E-state index in [-0.39, 0.29) is 18.1 Å². The van der Waals surface area contributed by atoms with Crippen LogP contribution in [0.3, 0.4) is 0 Å². The van der Waals surface area contributed by atoms with Gasteiger partial charge in [0.15, 0.2) is 0 Å². The summed E-state index contributed by atoms with van der Waals surface area (Å²) in [7, 11) is 0. The third-order valence-electron chi connectivity index (χ3n) is 3.87. The molecule has 0 aliphatic carbocycles. The maximum absolute atomic E-state index is 11.7. The Hall–Kier alpha value is -1.62. The van der Waals surface area contributed by atoms with Gasteiger partial charge in [-0.1, -0.05) is 6.07 Å². The van der Waals surface area contributed by atoms with E-state index in [1.54, 1.807) is 0 Å². The van der Waals surface area contributed by atoms with Crippen LogP contribution >= 0.6 is 0 Å². The molecule has 0 N–H and O–H groups in total. The van der Waals surface area contributed by atoms with Crippen LogP contribution in [0, 0.1) is 0 Å². The molecule has 0 saturated carbocycles. The predicted molar refractivity (Wildman–Crippen MR) is 72.0 cm³/mol. The van der Waals surface area contributed by atoms with Crippen LogP contribution in [0.5, 0.6) is 0 Å². The minimum absolute atomic E-state index is 0.0408. The van der Waals surface area contributed by atoms with Crippen molar-refractivity contribution in [1.29, 1.82) is 0 Å². The lowest BCUT2D eigenvalue weighted by molar-refractivity contribution is -0.144. The summed E-state index contributed by atoms with van der Waals surface area (Å²) in [5.74, 6) is 0.961. The van der Waals surface area contributed by atoms with Crippen LogP contribution in [0.25, 0.3) is 0 Å². The minimum Gasteiger partial charge on any atom is -0.461 e. The fraction of sp³-hybridized carbons (Fsp3) is 0.571. The van der Waals surface area contributed by atoms with E-state index in [1.165, 1.54) is 0 Å². The van der Waals surface area contributed by atoms with Crippen LogP contribution in [0.1, 0.15) is 13.3 Å². The summed E-state index contributed by atoms with van der Waals surface area (Å²) < 4.78 is 5.23. The molecule has 1 aromatic rings. The Morgan fingerprint density at radius 2 is 2.05 bits per heavy atom. The highest BCUT2D eigenvalue weighted by Crippen LogP contribution is 2.22. The van der Waals surface area contributed by atoms with Crippen molar-refractivity contribution in [3.05, 3.63) is 24.4 Å². The van der Waals surface area contributed by atoms with Crippen molar-refractivity contribution in [2.24, 2.45) is 0 Å². The molecule has 102 valence electrons. The second-order valence-corrected chi connectivity index (χ2v) is 5.21. The summed E-state index contributed by atoms with van der Waals surface area (Å²) in [6.07, 6.45) is 2.70. The van der Waals surface area contributed by atoms with Gasteiger partial charge in [-0.25, -0.2) is 4.98 Å². The van der Waals surface area contributed by atoms with Crippen LogP contribution in [0.4, 0.5) is 5.82 Å². The van der Waals surface area contributed by atoms with Crippen molar-refractivity contribution < 1.29 is 9.53 Å². The minimum atomic E-state index is -0.0567. The number of piperazine rings is 1. The van der Waals surface area contributed by atoms with Crippen LogP contribution < -0.4 is 4.90 Å². The number of carbonyl (C=O) groups excluding carboxylic acids is 1. The van der Waals surface area contributed by atoms with Crippen LogP contribution in [0.15, 0.2) is 24.4 Å². The molecule has 0 bridgehead atoms. The monoisotopic (exact) mass is 261 g/mol. The largest absolute Gasteiger partial charge is 0.461 e. The van der Waals surface area contributed by atoms with Crippen molar-refractivity contribution in [1.82, 2.24) is 9.88 Å². The molecule has 3 heterocycles. The second-order valence-electron chi connectivity index (χ2n) is 5.21. The standard InChI is InChI=1S/C14H19N3O2/c1-11-10-12(14(18)19-11)16-6-8-17(9-7-16)13-4-2-3-5-15-13/h2-5,11-12H,6-10H2,1H3. The molecule has 5 nitrogen and oxygen atoms in total. The third-order valence-corrected chi connectivity index (χ3v) is 3.87. The average molecular weight is 261 g/mol. The molecule has 2 aliphatic rings. The summed E-state index contributed by atoms with van der Waals surface area (Å²) in [6, 6.07) is 5.92. The highest BCUT2D eigenvalue weighted by molar-refractivity contribution is 5.78. The Balaban J connectivity index is 1.59. The first kappa shape index (κ1) is 12.4. The number of carbonyl (C=O) groups is 1. The van der Waals surface area contributed by atoms with E-state index in [1.807, 2.05) is 31.3 Å². The molecular formula is C14H19N3O2. The molecule has 2 saturated heterocycles. The molecule has 0 spiro atoms. The molecule has 1 aromatic heterocycles. The first-order chi connectivity index (χ1) is 9.24. The van der Waals surface area contributed by atoms with Crippen molar-refractivity contribution in [3.8, 4) is 0 Å². The van der Waals surface area contributed by atoms with E-state index in [4.69, 9.17) is 4.74 Å². The summed E-state index contributed by atoms with van der Waals surface area (Å²) in [5.41, 5.74) is 0. The smallest absolute Gasteiger partial charge is 0.323 e. The number of hydrogen-bond donors (Lipinski definition) is 0. The van der Waals surface area contributed by atoms with Crippen molar-refractivity contribution >= 4 is 11.8 Å². The number of rotatable bonds is 2. The Morgan fingerprint density at radius 1 is 1.26 bits per heavy atom. The molecule has 0 aromatic carbocycles. The number of pyridine rings is 1. The predicted octanol–water partition coefficient (Wildman–Crippen LogP) is 0.908. The quantitative estimate of drug-likeness (QED) is 0.740. The molecule has 5 heteroatoms. The molecular weight excluding hydrogens is 242 g/mol. The lowest BCUT2D eigenvalue weighted by Crippen LogP contribution is -2.51. The highest BCUT2D eigenvalue weighted by Gasteiger charge is 2.37.